The van der Waals surface area contributed by atoms with Gasteiger partial charge in [0.1, 0.15) is 23.1 Å². The molecule has 0 aliphatic carbocycles. The number of carbonyl (C=O) groups is 1. The number of ether oxygens (including phenoxy) is 1. The fourth-order valence-corrected chi connectivity index (χ4v) is 4.11. The van der Waals surface area contributed by atoms with Gasteiger partial charge in [-0.25, -0.2) is 14.2 Å². The topological polar surface area (TPSA) is 89.4 Å². The van der Waals surface area contributed by atoms with Crippen molar-refractivity contribution < 1.29 is 27.1 Å². The van der Waals surface area contributed by atoms with E-state index in [0.717, 1.165) is 17.0 Å². The maximum atomic E-state index is 13.6. The van der Waals surface area contributed by atoms with Crippen LogP contribution in [0.15, 0.2) is 66.0 Å². The van der Waals surface area contributed by atoms with Crippen LogP contribution in [0, 0.1) is 11.7 Å². The molecule has 0 fully saturated rings. The normalized spacial score (nSPS) is 15.1. The van der Waals surface area contributed by atoms with E-state index in [0.29, 0.717) is 5.69 Å². The number of aromatic nitrogens is 3. The first-order chi connectivity index (χ1) is 18.4. The molecule has 1 aliphatic rings. The van der Waals surface area contributed by atoms with E-state index < -0.39 is 29.4 Å². The number of pyridine rings is 1. The van der Waals surface area contributed by atoms with Gasteiger partial charge in [0.2, 0.25) is 5.95 Å². The van der Waals surface area contributed by atoms with Gasteiger partial charge in [-0.05, 0) is 44.2 Å². The molecule has 0 spiro atoms. The molecule has 39 heavy (non-hydrogen) atoms. The average Bonchev–Trinajstić information content (AvgIpc) is 3.28. The number of rotatable bonds is 7. The van der Waals surface area contributed by atoms with Gasteiger partial charge in [-0.15, -0.1) is 0 Å². The van der Waals surface area contributed by atoms with Crippen molar-refractivity contribution in [3.05, 3.63) is 88.0 Å². The van der Waals surface area contributed by atoms with E-state index in [2.05, 4.69) is 21.9 Å². The van der Waals surface area contributed by atoms with Crippen molar-refractivity contribution in [2.45, 2.75) is 26.6 Å². The van der Waals surface area contributed by atoms with Crippen molar-refractivity contribution in [1.82, 2.24) is 14.5 Å². The molecular formula is C26H22ClF4N5O3. The summed E-state index contributed by atoms with van der Waals surface area (Å²) in [6.45, 7) is 7.14. The second-order valence-corrected chi connectivity index (χ2v) is 8.77. The summed E-state index contributed by atoms with van der Waals surface area (Å²) >= 11 is 5.85. The minimum atomic E-state index is -4.59. The lowest BCUT2D eigenvalue weighted by Crippen LogP contribution is -2.27. The maximum absolute atomic E-state index is 13.6. The van der Waals surface area contributed by atoms with Crippen LogP contribution >= 0.6 is 11.6 Å². The van der Waals surface area contributed by atoms with Gasteiger partial charge in [0.25, 0.3) is 5.56 Å². The van der Waals surface area contributed by atoms with Crippen LogP contribution in [0.2, 0.25) is 5.02 Å². The van der Waals surface area contributed by atoms with Crippen molar-refractivity contribution in [3.8, 4) is 11.1 Å². The third-order valence-electron chi connectivity index (χ3n) is 5.85. The third-order valence-corrected chi connectivity index (χ3v) is 6.14. The fraction of sp³-hybridized carbons (Fsp3) is 0.231. The van der Waals surface area contributed by atoms with Crippen LogP contribution in [0.5, 0.6) is 0 Å². The number of nitrogens with zero attached hydrogens (tertiary/aromatic N) is 4. The summed E-state index contributed by atoms with van der Waals surface area (Å²) < 4.78 is 60.7. The molecule has 0 bridgehead atoms. The van der Waals surface area contributed by atoms with Gasteiger partial charge < -0.3 is 19.5 Å². The molecule has 0 radical (unpaired) electrons. The largest absolute Gasteiger partial charge is 0.462 e. The number of alkyl halides is 3. The van der Waals surface area contributed by atoms with Gasteiger partial charge >= 0.3 is 12.1 Å². The van der Waals surface area contributed by atoms with Crippen LogP contribution < -0.4 is 15.8 Å². The summed E-state index contributed by atoms with van der Waals surface area (Å²) in [5.41, 5.74) is -0.340. The number of hydrogen-bond donors (Lipinski definition) is 1. The van der Waals surface area contributed by atoms with E-state index in [9.17, 15) is 27.2 Å². The number of nitrogens with one attached hydrogen (secondary N) is 1. The Kier molecular flexibility index (Phi) is 7.77. The zero-order valence-electron chi connectivity index (χ0n) is 20.7. The molecule has 1 aromatic carbocycles. The predicted molar refractivity (Wildman–Crippen MR) is 138 cm³/mol. The average molecular weight is 564 g/mol. The Morgan fingerprint density at radius 2 is 2.00 bits per heavy atom. The highest BCUT2D eigenvalue weighted by Gasteiger charge is 2.44. The van der Waals surface area contributed by atoms with Gasteiger partial charge in [0.15, 0.2) is 0 Å². The van der Waals surface area contributed by atoms with Crippen molar-refractivity contribution >= 4 is 35.0 Å². The second kappa shape index (κ2) is 10.9. The highest BCUT2D eigenvalue weighted by Crippen LogP contribution is 2.42. The van der Waals surface area contributed by atoms with Crippen LogP contribution in [0.3, 0.4) is 0 Å². The van der Waals surface area contributed by atoms with Crippen LogP contribution in [0.4, 0.5) is 35.0 Å². The van der Waals surface area contributed by atoms with E-state index in [1.807, 2.05) is 0 Å². The number of anilines is 3. The molecule has 3 heterocycles. The Morgan fingerprint density at radius 3 is 2.62 bits per heavy atom. The van der Waals surface area contributed by atoms with E-state index in [-0.39, 0.29) is 52.3 Å². The summed E-state index contributed by atoms with van der Waals surface area (Å²) in [4.78, 5) is 35.1. The Hall–Kier alpha value is -4.19. The van der Waals surface area contributed by atoms with Crippen LogP contribution in [-0.4, -0.2) is 33.3 Å². The molecule has 3 aromatic rings. The Labute approximate surface area is 225 Å². The summed E-state index contributed by atoms with van der Waals surface area (Å²) in [5.74, 6) is -3.48. The molecule has 0 amide bonds. The molecule has 0 saturated heterocycles. The predicted octanol–water partition coefficient (Wildman–Crippen LogP) is 6.06. The van der Waals surface area contributed by atoms with Gasteiger partial charge in [0.05, 0.1) is 11.6 Å². The van der Waals surface area contributed by atoms with E-state index in [1.54, 1.807) is 13.8 Å². The summed E-state index contributed by atoms with van der Waals surface area (Å²) in [6, 6.07) is 5.09. The highest BCUT2D eigenvalue weighted by molar-refractivity contribution is 6.31. The summed E-state index contributed by atoms with van der Waals surface area (Å²) in [5, 5.41) is 2.69. The van der Waals surface area contributed by atoms with Crippen LogP contribution in [0.1, 0.15) is 24.2 Å². The molecule has 204 valence electrons. The monoisotopic (exact) mass is 563 g/mol. The number of carbonyl (C=O) groups excluding carboxylic acids is 1. The standard InChI is InChI=1S/C26H22ClF4N5O3/c1-4-35-13-15(10-17(23(35)37)24(38)39-5-2)18-12-32-25(33-16-6-7-21(28)20(27)11-16)34-22(18)36-9-8-19(14(36)3)26(29,30)31/h6-13,19H,3-5H2,1-2H3,(H,32,33,34). The van der Waals surface area contributed by atoms with Gasteiger partial charge in [0, 0.05) is 47.6 Å². The molecule has 4 rings (SSSR count). The molecule has 1 unspecified atom stereocenters. The van der Waals surface area contributed by atoms with Crippen molar-refractivity contribution in [2.24, 2.45) is 5.92 Å². The van der Waals surface area contributed by atoms with Gasteiger partial charge in [-0.3, -0.25) is 4.79 Å². The van der Waals surface area contributed by atoms with Crippen molar-refractivity contribution in [2.75, 3.05) is 16.8 Å². The van der Waals surface area contributed by atoms with E-state index >= 15 is 0 Å². The minimum Gasteiger partial charge on any atom is -0.462 e. The first kappa shape index (κ1) is 27.8. The lowest BCUT2D eigenvalue weighted by molar-refractivity contribution is -0.150. The summed E-state index contributed by atoms with van der Waals surface area (Å²) in [6.07, 6.45) is 0.315. The molecular weight excluding hydrogens is 542 g/mol. The molecule has 2 aromatic heterocycles. The number of halogens is 5. The fourth-order valence-electron chi connectivity index (χ4n) is 3.93. The zero-order chi connectivity index (χ0) is 28.5. The van der Waals surface area contributed by atoms with Crippen molar-refractivity contribution in [1.29, 1.82) is 0 Å². The van der Waals surface area contributed by atoms with Gasteiger partial charge in [-0.1, -0.05) is 18.2 Å². The lowest BCUT2D eigenvalue weighted by atomic mass is 10.1. The smallest absolute Gasteiger partial charge is 0.400 e. The molecule has 13 heteroatoms. The Morgan fingerprint density at radius 1 is 1.26 bits per heavy atom. The zero-order valence-corrected chi connectivity index (χ0v) is 21.5. The maximum Gasteiger partial charge on any atom is 0.400 e. The molecule has 8 nitrogen and oxygen atoms in total. The first-order valence-electron chi connectivity index (χ1n) is 11.7. The Bertz CT molecular complexity index is 1540. The first-order valence-corrected chi connectivity index (χ1v) is 12.1. The minimum absolute atomic E-state index is 0.00943. The number of benzene rings is 1. The third kappa shape index (κ3) is 5.65. The number of hydrogen-bond acceptors (Lipinski definition) is 7. The molecule has 1 N–H and O–H groups in total. The van der Waals surface area contributed by atoms with Gasteiger partial charge in [-0.2, -0.15) is 18.2 Å². The number of allylic oxidation sites excluding steroid dienone is 1. The molecule has 1 atom stereocenters. The highest BCUT2D eigenvalue weighted by atomic mass is 35.5. The van der Waals surface area contributed by atoms with Crippen LogP contribution in [0.25, 0.3) is 11.1 Å². The summed E-state index contributed by atoms with van der Waals surface area (Å²) in [7, 11) is 0. The molecule has 0 saturated carbocycles. The lowest BCUT2D eigenvalue weighted by Gasteiger charge is -2.24. The van der Waals surface area contributed by atoms with Crippen LogP contribution in [-0.2, 0) is 11.3 Å². The number of esters is 1. The van der Waals surface area contributed by atoms with Crippen molar-refractivity contribution in [3.63, 3.8) is 0 Å². The quantitative estimate of drug-likeness (QED) is 0.276. The van der Waals surface area contributed by atoms with E-state index in [1.165, 1.54) is 41.4 Å². The molecule has 1 aliphatic heterocycles. The SMILES string of the molecule is C=C1C(C(F)(F)F)C=CN1c1nc(Nc2ccc(F)c(Cl)c2)ncc1-c1cc(C(=O)OCC)c(=O)n(CC)c1. The number of aryl methyl sites for hydroxylation is 1. The Balaban J connectivity index is 1.87. The second-order valence-electron chi connectivity index (χ2n) is 8.36. The van der Waals surface area contributed by atoms with E-state index in [4.69, 9.17) is 16.3 Å².